The smallest absolute Gasteiger partial charge is 0.264 e. The minimum Gasteiger partial charge on any atom is -0.383 e. The highest BCUT2D eigenvalue weighted by atomic mass is 19.3. The van der Waals surface area contributed by atoms with Crippen LogP contribution in [0.4, 0.5) is 14.6 Å². The number of nitrogens with zero attached hydrogens (tertiary/aromatic N) is 1. The first-order valence-electron chi connectivity index (χ1n) is 4.68. The summed E-state index contributed by atoms with van der Waals surface area (Å²) in [5, 5.41) is 0. The highest BCUT2D eigenvalue weighted by molar-refractivity contribution is 5.44. The Balaban J connectivity index is 0.000000791. The molecule has 1 rings (SSSR count). The monoisotopic (exact) mass is 202 g/mol. The van der Waals surface area contributed by atoms with Crippen molar-refractivity contribution in [3.05, 3.63) is 23.4 Å². The predicted octanol–water partition coefficient (Wildman–Crippen LogP) is 3.19. The van der Waals surface area contributed by atoms with Crippen LogP contribution < -0.4 is 5.73 Å². The van der Waals surface area contributed by atoms with Crippen LogP contribution in [0.3, 0.4) is 0 Å². The molecule has 0 radical (unpaired) electrons. The number of nitrogen functional groups attached to an aromatic ring is 1. The van der Waals surface area contributed by atoms with Crippen molar-refractivity contribution in [2.45, 2.75) is 33.6 Å². The van der Waals surface area contributed by atoms with Gasteiger partial charge in [-0.2, -0.15) is 0 Å². The first kappa shape index (κ1) is 12.8. The van der Waals surface area contributed by atoms with E-state index in [1.807, 2.05) is 13.8 Å². The summed E-state index contributed by atoms with van der Waals surface area (Å²) < 4.78 is 24.6. The molecule has 4 heteroatoms. The van der Waals surface area contributed by atoms with Crippen molar-refractivity contribution in [1.29, 1.82) is 0 Å². The molecule has 0 spiro atoms. The maximum absolute atomic E-state index is 12.3. The Labute approximate surface area is 83.2 Å². The summed E-state index contributed by atoms with van der Waals surface area (Å²) >= 11 is 0. The third-order valence-electron chi connectivity index (χ3n) is 1.71. The van der Waals surface area contributed by atoms with Crippen LogP contribution in [-0.4, -0.2) is 4.98 Å². The van der Waals surface area contributed by atoms with Gasteiger partial charge in [0.1, 0.15) is 5.82 Å². The van der Waals surface area contributed by atoms with E-state index in [-0.39, 0.29) is 11.4 Å². The van der Waals surface area contributed by atoms with Gasteiger partial charge >= 0.3 is 0 Å². The van der Waals surface area contributed by atoms with E-state index in [4.69, 9.17) is 5.73 Å². The first-order chi connectivity index (χ1) is 6.66. The van der Waals surface area contributed by atoms with E-state index in [0.717, 1.165) is 0 Å². The summed E-state index contributed by atoms with van der Waals surface area (Å²) in [5.41, 5.74) is 5.87. The van der Waals surface area contributed by atoms with Crippen LogP contribution in [0.15, 0.2) is 12.3 Å². The van der Waals surface area contributed by atoms with Gasteiger partial charge in [-0.15, -0.1) is 0 Å². The molecule has 0 bridgehead atoms. The normalized spacial score (nSPS) is 9.57. The molecule has 0 saturated heterocycles. The van der Waals surface area contributed by atoms with Crippen molar-refractivity contribution in [3.8, 4) is 0 Å². The molecule has 80 valence electrons. The standard InChI is InChI=1S/C8H10F2N2.C2H6/c1-2-5-6(7(9)10)3-4-12-8(5)11;1-2/h3-4,7H,2H2,1H3,(H2,11,12);1-2H3. The molecule has 0 aromatic carbocycles. The Bertz CT molecular complexity index is 275. The summed E-state index contributed by atoms with van der Waals surface area (Å²) in [4.78, 5) is 3.74. The van der Waals surface area contributed by atoms with Crippen LogP contribution in [0.1, 0.15) is 38.3 Å². The van der Waals surface area contributed by atoms with E-state index in [2.05, 4.69) is 4.98 Å². The van der Waals surface area contributed by atoms with Gasteiger partial charge in [-0.3, -0.25) is 0 Å². The Hall–Kier alpha value is -1.19. The molecule has 0 unspecified atom stereocenters. The lowest BCUT2D eigenvalue weighted by molar-refractivity contribution is 0.150. The number of hydrogen-bond donors (Lipinski definition) is 1. The molecule has 0 aliphatic heterocycles. The highest BCUT2D eigenvalue weighted by Gasteiger charge is 2.13. The van der Waals surface area contributed by atoms with Gasteiger partial charge in [0, 0.05) is 17.3 Å². The van der Waals surface area contributed by atoms with Crippen LogP contribution in [0, 0.1) is 0 Å². The number of anilines is 1. The largest absolute Gasteiger partial charge is 0.383 e. The molecule has 0 aliphatic carbocycles. The number of hydrogen-bond acceptors (Lipinski definition) is 2. The summed E-state index contributed by atoms with van der Waals surface area (Å²) in [6.45, 7) is 5.78. The summed E-state index contributed by atoms with van der Waals surface area (Å²) in [6.07, 6.45) is -0.680. The van der Waals surface area contributed by atoms with E-state index in [0.29, 0.717) is 12.0 Å². The molecule has 0 aliphatic rings. The van der Waals surface area contributed by atoms with Gasteiger partial charge in [0.05, 0.1) is 0 Å². The quantitative estimate of drug-likeness (QED) is 0.799. The minimum absolute atomic E-state index is 0.00926. The Morgan fingerprint density at radius 2 is 2.00 bits per heavy atom. The highest BCUT2D eigenvalue weighted by Crippen LogP contribution is 2.25. The van der Waals surface area contributed by atoms with Crippen LogP contribution >= 0.6 is 0 Å². The Morgan fingerprint density at radius 3 is 2.36 bits per heavy atom. The Kier molecular flexibility index (Phi) is 5.76. The van der Waals surface area contributed by atoms with Gasteiger partial charge in [-0.05, 0) is 12.5 Å². The van der Waals surface area contributed by atoms with E-state index in [1.165, 1.54) is 12.3 Å². The average Bonchev–Trinajstić information content (AvgIpc) is 2.20. The average molecular weight is 202 g/mol. The van der Waals surface area contributed by atoms with Gasteiger partial charge < -0.3 is 5.73 Å². The molecule has 0 fully saturated rings. The maximum Gasteiger partial charge on any atom is 0.264 e. The van der Waals surface area contributed by atoms with Crippen molar-refractivity contribution in [3.63, 3.8) is 0 Å². The molecule has 1 aromatic rings. The van der Waals surface area contributed by atoms with Crippen LogP contribution in [0.25, 0.3) is 0 Å². The fourth-order valence-corrected chi connectivity index (χ4v) is 1.11. The zero-order valence-electron chi connectivity index (χ0n) is 8.72. The maximum atomic E-state index is 12.3. The number of nitrogens with two attached hydrogens (primary N) is 1. The van der Waals surface area contributed by atoms with Crippen LogP contribution in [-0.2, 0) is 6.42 Å². The SMILES string of the molecule is CC.CCc1c(C(F)F)ccnc1N. The minimum atomic E-state index is -2.47. The fraction of sp³-hybridized carbons (Fsp3) is 0.500. The van der Waals surface area contributed by atoms with Gasteiger partial charge in [0.2, 0.25) is 0 Å². The van der Waals surface area contributed by atoms with E-state index in [1.54, 1.807) is 6.92 Å². The topological polar surface area (TPSA) is 38.9 Å². The lowest BCUT2D eigenvalue weighted by Crippen LogP contribution is -2.01. The zero-order chi connectivity index (χ0) is 11.1. The number of aromatic nitrogens is 1. The lowest BCUT2D eigenvalue weighted by Gasteiger charge is -2.07. The number of halogens is 2. The molecule has 0 amide bonds. The lowest BCUT2D eigenvalue weighted by atomic mass is 10.1. The predicted molar refractivity (Wildman–Crippen MR) is 54.3 cm³/mol. The fourth-order valence-electron chi connectivity index (χ4n) is 1.11. The van der Waals surface area contributed by atoms with Gasteiger partial charge in [-0.1, -0.05) is 20.8 Å². The van der Waals surface area contributed by atoms with Crippen LogP contribution in [0.5, 0.6) is 0 Å². The number of rotatable bonds is 2. The van der Waals surface area contributed by atoms with Gasteiger partial charge in [-0.25, -0.2) is 13.8 Å². The van der Waals surface area contributed by atoms with Crippen molar-refractivity contribution in [1.82, 2.24) is 4.98 Å². The van der Waals surface area contributed by atoms with Gasteiger partial charge in [0.15, 0.2) is 0 Å². The third kappa shape index (κ3) is 2.94. The van der Waals surface area contributed by atoms with E-state index in [9.17, 15) is 8.78 Å². The molecule has 14 heavy (non-hydrogen) atoms. The van der Waals surface area contributed by atoms with E-state index >= 15 is 0 Å². The van der Waals surface area contributed by atoms with Gasteiger partial charge in [0.25, 0.3) is 6.43 Å². The molecule has 2 nitrogen and oxygen atoms in total. The van der Waals surface area contributed by atoms with Crippen molar-refractivity contribution >= 4 is 5.82 Å². The molecular formula is C10H16F2N2. The van der Waals surface area contributed by atoms with E-state index < -0.39 is 6.43 Å². The first-order valence-corrected chi connectivity index (χ1v) is 4.68. The molecule has 1 aromatic heterocycles. The summed E-state index contributed by atoms with van der Waals surface area (Å²) in [5.74, 6) is 0.204. The second kappa shape index (κ2) is 6.29. The summed E-state index contributed by atoms with van der Waals surface area (Å²) in [7, 11) is 0. The molecule has 2 N–H and O–H groups in total. The third-order valence-corrected chi connectivity index (χ3v) is 1.71. The summed E-state index contributed by atoms with van der Waals surface area (Å²) in [6, 6.07) is 1.31. The molecular weight excluding hydrogens is 186 g/mol. The Morgan fingerprint density at radius 1 is 1.43 bits per heavy atom. The second-order valence-corrected chi connectivity index (χ2v) is 2.42. The van der Waals surface area contributed by atoms with Crippen LogP contribution in [0.2, 0.25) is 0 Å². The van der Waals surface area contributed by atoms with Crippen molar-refractivity contribution in [2.75, 3.05) is 5.73 Å². The number of alkyl halides is 2. The molecule has 1 heterocycles. The molecule has 0 atom stereocenters. The molecule has 0 saturated carbocycles. The number of pyridine rings is 1. The van der Waals surface area contributed by atoms with Crippen molar-refractivity contribution < 1.29 is 8.78 Å². The van der Waals surface area contributed by atoms with Crippen molar-refractivity contribution in [2.24, 2.45) is 0 Å². The second-order valence-electron chi connectivity index (χ2n) is 2.42. The zero-order valence-corrected chi connectivity index (χ0v) is 8.72.